The van der Waals surface area contributed by atoms with Crippen molar-refractivity contribution in [2.24, 2.45) is 0 Å². The number of morpholine rings is 1. The van der Waals surface area contributed by atoms with Crippen LogP contribution in [0.15, 0.2) is 0 Å². The zero-order valence-corrected chi connectivity index (χ0v) is 11.5. The Balaban J connectivity index is 1.99. The third-order valence-electron chi connectivity index (χ3n) is 3.58. The summed E-state index contributed by atoms with van der Waals surface area (Å²) in [6.45, 7) is 9.94. The van der Waals surface area contributed by atoms with E-state index in [2.05, 4.69) is 28.5 Å². The second kappa shape index (κ2) is 6.20. The Morgan fingerprint density at radius 2 is 1.89 bits per heavy atom. The molecule has 1 aliphatic rings. The summed E-state index contributed by atoms with van der Waals surface area (Å²) in [6, 6.07) is 0. The number of rotatable bonds is 5. The highest BCUT2D eigenvalue weighted by atomic mass is 16.5. The summed E-state index contributed by atoms with van der Waals surface area (Å²) >= 11 is 0. The molecule has 5 nitrogen and oxygen atoms in total. The van der Waals surface area contributed by atoms with Crippen molar-refractivity contribution in [2.75, 3.05) is 38.6 Å². The minimum atomic E-state index is 0.849. The van der Waals surface area contributed by atoms with Gasteiger partial charge in [-0.1, -0.05) is 13.8 Å². The van der Waals surface area contributed by atoms with Gasteiger partial charge in [0.25, 0.3) is 0 Å². The van der Waals surface area contributed by atoms with Gasteiger partial charge in [-0.3, -0.25) is 9.58 Å². The van der Waals surface area contributed by atoms with Crippen LogP contribution in [-0.2, 0) is 24.1 Å². The predicted molar refractivity (Wildman–Crippen MR) is 72.7 cm³/mol. The lowest BCUT2D eigenvalue weighted by molar-refractivity contribution is 0.0358. The van der Waals surface area contributed by atoms with Gasteiger partial charge in [0.2, 0.25) is 0 Å². The van der Waals surface area contributed by atoms with Gasteiger partial charge in [-0.25, -0.2) is 0 Å². The molecule has 0 saturated carbocycles. The van der Waals surface area contributed by atoms with E-state index in [9.17, 15) is 0 Å². The van der Waals surface area contributed by atoms with Crippen LogP contribution in [-0.4, -0.2) is 47.5 Å². The van der Waals surface area contributed by atoms with Crippen molar-refractivity contribution in [2.45, 2.75) is 33.2 Å². The molecule has 0 aromatic carbocycles. The minimum absolute atomic E-state index is 0.849. The number of nitrogens with zero attached hydrogens (tertiary/aromatic N) is 3. The predicted octanol–water partition coefficient (Wildman–Crippen LogP) is 0.922. The lowest BCUT2D eigenvalue weighted by atomic mass is 10.2. The van der Waals surface area contributed by atoms with Crippen molar-refractivity contribution in [1.29, 1.82) is 0 Å². The van der Waals surface area contributed by atoms with Gasteiger partial charge in [0.05, 0.1) is 36.8 Å². The molecule has 0 spiro atoms. The minimum Gasteiger partial charge on any atom is -0.396 e. The van der Waals surface area contributed by atoms with Crippen molar-refractivity contribution in [3.05, 3.63) is 11.4 Å². The van der Waals surface area contributed by atoms with Gasteiger partial charge < -0.3 is 10.5 Å². The van der Waals surface area contributed by atoms with Crippen LogP contribution in [0.4, 0.5) is 5.69 Å². The molecule has 2 heterocycles. The van der Waals surface area contributed by atoms with E-state index in [1.165, 1.54) is 5.69 Å². The quantitative estimate of drug-likeness (QED) is 0.846. The fourth-order valence-corrected chi connectivity index (χ4v) is 2.45. The van der Waals surface area contributed by atoms with E-state index in [-0.39, 0.29) is 0 Å². The summed E-state index contributed by atoms with van der Waals surface area (Å²) < 4.78 is 7.44. The van der Waals surface area contributed by atoms with Gasteiger partial charge in [0, 0.05) is 19.6 Å². The molecule has 102 valence electrons. The zero-order valence-electron chi connectivity index (χ0n) is 11.5. The summed E-state index contributed by atoms with van der Waals surface area (Å²) in [5.41, 5.74) is 9.22. The summed E-state index contributed by atoms with van der Waals surface area (Å²) in [6.07, 6.45) is 1.85. The van der Waals surface area contributed by atoms with E-state index in [1.54, 1.807) is 0 Å². The molecule has 0 unspecified atom stereocenters. The highest BCUT2D eigenvalue weighted by Gasteiger charge is 2.14. The van der Waals surface area contributed by atoms with Crippen LogP contribution in [0.1, 0.15) is 25.2 Å². The van der Waals surface area contributed by atoms with Crippen molar-refractivity contribution >= 4 is 5.69 Å². The number of hydrogen-bond acceptors (Lipinski definition) is 4. The third kappa shape index (κ3) is 2.84. The SMILES string of the molecule is CCc1nn(CCN2CCOCC2)c(CC)c1N. The molecule has 5 heteroatoms. The number of anilines is 1. The van der Waals surface area contributed by atoms with E-state index in [0.29, 0.717) is 0 Å². The Bertz CT molecular complexity index is 383. The van der Waals surface area contributed by atoms with Crippen molar-refractivity contribution in [3.8, 4) is 0 Å². The van der Waals surface area contributed by atoms with E-state index < -0.39 is 0 Å². The number of ether oxygens (including phenoxy) is 1. The molecule has 18 heavy (non-hydrogen) atoms. The van der Waals surface area contributed by atoms with Gasteiger partial charge in [-0.05, 0) is 12.8 Å². The maximum Gasteiger partial charge on any atom is 0.0854 e. The van der Waals surface area contributed by atoms with Crippen molar-refractivity contribution in [1.82, 2.24) is 14.7 Å². The van der Waals surface area contributed by atoms with Crippen LogP contribution in [0.25, 0.3) is 0 Å². The number of nitrogens with two attached hydrogens (primary N) is 1. The first-order valence-corrected chi connectivity index (χ1v) is 6.90. The van der Waals surface area contributed by atoms with Gasteiger partial charge in [0.1, 0.15) is 0 Å². The summed E-state index contributed by atoms with van der Waals surface area (Å²) in [5, 5.41) is 4.62. The molecule has 0 radical (unpaired) electrons. The van der Waals surface area contributed by atoms with Crippen LogP contribution in [0, 0.1) is 0 Å². The topological polar surface area (TPSA) is 56.3 Å². The molecule has 0 atom stereocenters. The summed E-state index contributed by atoms with van der Waals surface area (Å²) in [5.74, 6) is 0. The first-order valence-electron chi connectivity index (χ1n) is 6.90. The molecule has 0 bridgehead atoms. The molecular formula is C13H24N4O. The van der Waals surface area contributed by atoms with E-state index in [1.807, 2.05) is 0 Å². The van der Waals surface area contributed by atoms with E-state index in [0.717, 1.165) is 63.6 Å². The highest BCUT2D eigenvalue weighted by molar-refractivity contribution is 5.48. The average molecular weight is 252 g/mol. The van der Waals surface area contributed by atoms with Crippen LogP contribution >= 0.6 is 0 Å². The summed E-state index contributed by atoms with van der Waals surface area (Å²) in [4.78, 5) is 2.42. The van der Waals surface area contributed by atoms with Crippen LogP contribution in [0.3, 0.4) is 0 Å². The van der Waals surface area contributed by atoms with E-state index >= 15 is 0 Å². The van der Waals surface area contributed by atoms with Crippen LogP contribution < -0.4 is 5.73 Å². The van der Waals surface area contributed by atoms with Gasteiger partial charge in [-0.2, -0.15) is 5.10 Å². The number of hydrogen-bond donors (Lipinski definition) is 1. The van der Waals surface area contributed by atoms with Crippen LogP contribution in [0.2, 0.25) is 0 Å². The smallest absolute Gasteiger partial charge is 0.0854 e. The first-order chi connectivity index (χ1) is 8.76. The lowest BCUT2D eigenvalue weighted by Gasteiger charge is -2.26. The number of aromatic nitrogens is 2. The Morgan fingerprint density at radius 1 is 1.17 bits per heavy atom. The molecule has 1 saturated heterocycles. The maximum atomic E-state index is 6.12. The zero-order chi connectivity index (χ0) is 13.0. The van der Waals surface area contributed by atoms with Gasteiger partial charge >= 0.3 is 0 Å². The molecule has 0 aliphatic carbocycles. The molecule has 2 N–H and O–H groups in total. The second-order valence-electron chi connectivity index (χ2n) is 4.69. The Hall–Kier alpha value is -1.07. The number of nitrogen functional groups attached to an aromatic ring is 1. The fraction of sp³-hybridized carbons (Fsp3) is 0.769. The monoisotopic (exact) mass is 252 g/mol. The summed E-state index contributed by atoms with van der Waals surface area (Å²) in [7, 11) is 0. The van der Waals surface area contributed by atoms with Crippen molar-refractivity contribution < 1.29 is 4.74 Å². The van der Waals surface area contributed by atoms with Gasteiger partial charge in [-0.15, -0.1) is 0 Å². The fourth-order valence-electron chi connectivity index (χ4n) is 2.45. The maximum absolute atomic E-state index is 6.12. The molecule has 1 fully saturated rings. The molecule has 2 rings (SSSR count). The standard InChI is InChI=1S/C13H24N4O/c1-3-11-13(14)12(4-2)17(15-11)6-5-16-7-9-18-10-8-16/h3-10,14H2,1-2H3. The third-order valence-corrected chi connectivity index (χ3v) is 3.58. The average Bonchev–Trinajstić information content (AvgIpc) is 2.73. The molecule has 1 aromatic heterocycles. The van der Waals surface area contributed by atoms with Gasteiger partial charge in [0.15, 0.2) is 0 Å². The number of aryl methyl sites for hydroxylation is 1. The van der Waals surface area contributed by atoms with Crippen LogP contribution in [0.5, 0.6) is 0 Å². The molecular weight excluding hydrogens is 228 g/mol. The lowest BCUT2D eigenvalue weighted by Crippen LogP contribution is -2.38. The molecule has 1 aromatic rings. The normalized spacial score (nSPS) is 17.2. The van der Waals surface area contributed by atoms with E-state index in [4.69, 9.17) is 10.5 Å². The Kier molecular flexibility index (Phi) is 4.60. The Labute approximate surface area is 109 Å². The Morgan fingerprint density at radius 3 is 2.50 bits per heavy atom. The largest absolute Gasteiger partial charge is 0.396 e. The second-order valence-corrected chi connectivity index (χ2v) is 4.69. The molecule has 0 amide bonds. The first kappa shape index (κ1) is 13.4. The highest BCUT2D eigenvalue weighted by Crippen LogP contribution is 2.18. The van der Waals surface area contributed by atoms with Crippen molar-refractivity contribution in [3.63, 3.8) is 0 Å². The molecule has 1 aliphatic heterocycles.